The Balaban J connectivity index is 1.68. The van der Waals surface area contributed by atoms with Crippen LogP contribution in [0.2, 0.25) is 0 Å². The molecule has 28 heavy (non-hydrogen) atoms. The first-order valence-electron chi connectivity index (χ1n) is 9.76. The first-order valence-corrected chi connectivity index (χ1v) is 9.76. The number of pyridine rings is 1. The van der Waals surface area contributed by atoms with Crippen molar-refractivity contribution in [1.82, 2.24) is 15.0 Å². The standard InChI is InChI=1S/C22H26N4O2/c1-22(2,3)11-15(27)13-26(4)21-16-6-5-7-17(16)24-20(25-21)18-10-14-8-9-28-19(14)12-23-18/h8-10,12H,5-7,11,13H2,1-4H3. The SMILES string of the molecule is CN(CC(=O)CC(C)(C)C)c1nc(-c2cc3ccoc3cn2)nc2c1CCC2. The minimum atomic E-state index is -0.0133. The molecule has 0 saturated carbocycles. The third-order valence-electron chi connectivity index (χ3n) is 4.98. The summed E-state index contributed by atoms with van der Waals surface area (Å²) in [6.45, 7) is 6.61. The average Bonchev–Trinajstić information content (AvgIpc) is 3.27. The third kappa shape index (κ3) is 3.77. The average molecular weight is 378 g/mol. The molecule has 0 bridgehead atoms. The maximum absolute atomic E-state index is 12.5. The molecule has 146 valence electrons. The molecule has 0 aromatic carbocycles. The zero-order chi connectivity index (χ0) is 19.9. The number of Topliss-reactive ketones (excluding diaryl/α,β-unsaturated/α-hetero) is 1. The number of hydrogen-bond donors (Lipinski definition) is 0. The van der Waals surface area contributed by atoms with E-state index in [9.17, 15) is 4.79 Å². The van der Waals surface area contributed by atoms with Gasteiger partial charge in [-0.1, -0.05) is 20.8 Å². The van der Waals surface area contributed by atoms with Gasteiger partial charge < -0.3 is 9.32 Å². The van der Waals surface area contributed by atoms with Crippen LogP contribution in [-0.2, 0) is 17.6 Å². The van der Waals surface area contributed by atoms with Gasteiger partial charge in [-0.3, -0.25) is 4.79 Å². The molecule has 0 fully saturated rings. The van der Waals surface area contributed by atoms with Gasteiger partial charge in [-0.15, -0.1) is 0 Å². The number of carbonyl (C=O) groups is 1. The topological polar surface area (TPSA) is 72.1 Å². The van der Waals surface area contributed by atoms with Crippen molar-refractivity contribution in [3.63, 3.8) is 0 Å². The maximum atomic E-state index is 12.5. The monoisotopic (exact) mass is 378 g/mol. The molecule has 0 atom stereocenters. The van der Waals surface area contributed by atoms with Gasteiger partial charge in [-0.25, -0.2) is 15.0 Å². The number of ketones is 1. The zero-order valence-electron chi connectivity index (χ0n) is 17.0. The van der Waals surface area contributed by atoms with Crippen LogP contribution in [0.25, 0.3) is 22.5 Å². The summed E-state index contributed by atoms with van der Waals surface area (Å²) in [7, 11) is 1.94. The summed E-state index contributed by atoms with van der Waals surface area (Å²) in [4.78, 5) is 28.6. The summed E-state index contributed by atoms with van der Waals surface area (Å²) in [5.41, 5.74) is 3.69. The second kappa shape index (κ2) is 7.00. The van der Waals surface area contributed by atoms with Crippen molar-refractivity contribution in [2.24, 2.45) is 5.41 Å². The fourth-order valence-corrected chi connectivity index (χ4v) is 3.82. The van der Waals surface area contributed by atoms with Gasteiger partial charge in [-0.2, -0.15) is 0 Å². The first-order chi connectivity index (χ1) is 13.3. The molecule has 4 rings (SSSR count). The lowest BCUT2D eigenvalue weighted by atomic mass is 9.90. The Labute approximate surface area is 165 Å². The van der Waals surface area contributed by atoms with Gasteiger partial charge in [0.2, 0.25) is 0 Å². The van der Waals surface area contributed by atoms with Crippen LogP contribution in [0, 0.1) is 5.41 Å². The van der Waals surface area contributed by atoms with E-state index in [-0.39, 0.29) is 11.2 Å². The molecule has 1 aliphatic rings. The maximum Gasteiger partial charge on any atom is 0.180 e. The zero-order valence-corrected chi connectivity index (χ0v) is 17.0. The second-order valence-electron chi connectivity index (χ2n) is 8.81. The largest absolute Gasteiger partial charge is 0.463 e. The number of furan rings is 1. The summed E-state index contributed by atoms with van der Waals surface area (Å²) in [6, 6.07) is 3.86. The van der Waals surface area contributed by atoms with Crippen molar-refractivity contribution < 1.29 is 9.21 Å². The smallest absolute Gasteiger partial charge is 0.180 e. The molecule has 0 N–H and O–H groups in total. The van der Waals surface area contributed by atoms with Crippen molar-refractivity contribution in [3.8, 4) is 11.5 Å². The van der Waals surface area contributed by atoms with E-state index in [1.807, 2.05) is 24.1 Å². The van der Waals surface area contributed by atoms with Gasteiger partial charge >= 0.3 is 0 Å². The Morgan fingerprint density at radius 3 is 2.86 bits per heavy atom. The van der Waals surface area contributed by atoms with Crippen LogP contribution in [0.4, 0.5) is 5.82 Å². The number of hydrogen-bond acceptors (Lipinski definition) is 6. The molecule has 3 aromatic heterocycles. The van der Waals surface area contributed by atoms with E-state index in [0.717, 1.165) is 47.4 Å². The molecule has 6 heteroatoms. The Bertz CT molecular complexity index is 1030. The Kier molecular flexibility index (Phi) is 4.65. The molecule has 0 amide bonds. The van der Waals surface area contributed by atoms with Crippen LogP contribution in [0.5, 0.6) is 0 Å². The predicted molar refractivity (Wildman–Crippen MR) is 109 cm³/mol. The highest BCUT2D eigenvalue weighted by Gasteiger charge is 2.24. The number of aromatic nitrogens is 3. The van der Waals surface area contributed by atoms with E-state index in [2.05, 4.69) is 25.8 Å². The summed E-state index contributed by atoms with van der Waals surface area (Å²) >= 11 is 0. The van der Waals surface area contributed by atoms with Crippen LogP contribution in [0.15, 0.2) is 29.0 Å². The van der Waals surface area contributed by atoms with Crippen molar-refractivity contribution >= 4 is 22.6 Å². The molecule has 3 aromatic rings. The minimum Gasteiger partial charge on any atom is -0.463 e. The van der Waals surface area contributed by atoms with Crippen molar-refractivity contribution in [1.29, 1.82) is 0 Å². The van der Waals surface area contributed by atoms with E-state index >= 15 is 0 Å². The number of nitrogens with zero attached hydrogens (tertiary/aromatic N) is 4. The fourth-order valence-electron chi connectivity index (χ4n) is 3.82. The summed E-state index contributed by atoms with van der Waals surface area (Å²) < 4.78 is 5.38. The van der Waals surface area contributed by atoms with Crippen LogP contribution in [0.3, 0.4) is 0 Å². The van der Waals surface area contributed by atoms with Gasteiger partial charge in [0.25, 0.3) is 0 Å². The van der Waals surface area contributed by atoms with Crippen LogP contribution in [-0.4, -0.2) is 34.3 Å². The van der Waals surface area contributed by atoms with E-state index in [0.29, 0.717) is 18.8 Å². The van der Waals surface area contributed by atoms with Crippen molar-refractivity contribution in [3.05, 3.63) is 35.9 Å². The van der Waals surface area contributed by atoms with E-state index < -0.39 is 0 Å². The fraction of sp³-hybridized carbons (Fsp3) is 0.455. The Hall–Kier alpha value is -2.76. The lowest BCUT2D eigenvalue weighted by Crippen LogP contribution is -2.30. The van der Waals surface area contributed by atoms with Crippen molar-refractivity contribution in [2.75, 3.05) is 18.5 Å². The van der Waals surface area contributed by atoms with Crippen molar-refractivity contribution in [2.45, 2.75) is 46.5 Å². The molecule has 0 radical (unpaired) electrons. The highest BCUT2D eigenvalue weighted by molar-refractivity contribution is 5.84. The molecular weight excluding hydrogens is 352 g/mol. The van der Waals surface area contributed by atoms with Gasteiger partial charge in [-0.05, 0) is 36.8 Å². The molecule has 0 spiro atoms. The quantitative estimate of drug-likeness (QED) is 0.662. The lowest BCUT2D eigenvalue weighted by Gasteiger charge is -2.23. The number of likely N-dealkylation sites (N-methyl/N-ethyl adjacent to an activating group) is 1. The van der Waals surface area contributed by atoms with Gasteiger partial charge in [0, 0.05) is 30.1 Å². The number of aryl methyl sites for hydroxylation is 1. The number of anilines is 1. The Morgan fingerprint density at radius 1 is 1.25 bits per heavy atom. The summed E-state index contributed by atoms with van der Waals surface area (Å²) in [5, 5.41) is 0.976. The lowest BCUT2D eigenvalue weighted by molar-refractivity contribution is -0.119. The number of carbonyl (C=O) groups excluding carboxylic acids is 1. The molecule has 6 nitrogen and oxygen atoms in total. The molecular formula is C22H26N4O2. The minimum absolute atomic E-state index is 0.0133. The molecule has 0 aliphatic heterocycles. The van der Waals surface area contributed by atoms with E-state index in [1.54, 1.807) is 12.5 Å². The molecule has 3 heterocycles. The Morgan fingerprint density at radius 2 is 2.07 bits per heavy atom. The predicted octanol–water partition coefficient (Wildman–Crippen LogP) is 4.22. The highest BCUT2D eigenvalue weighted by Crippen LogP contribution is 2.31. The van der Waals surface area contributed by atoms with E-state index in [4.69, 9.17) is 14.4 Å². The van der Waals surface area contributed by atoms with Gasteiger partial charge in [0.15, 0.2) is 17.2 Å². The molecule has 1 aliphatic carbocycles. The van der Waals surface area contributed by atoms with E-state index in [1.165, 1.54) is 5.56 Å². The second-order valence-corrected chi connectivity index (χ2v) is 8.81. The molecule has 0 unspecified atom stereocenters. The van der Waals surface area contributed by atoms with Crippen LogP contribution < -0.4 is 4.90 Å². The molecule has 0 saturated heterocycles. The van der Waals surface area contributed by atoms with Gasteiger partial charge in [0.05, 0.1) is 19.0 Å². The van der Waals surface area contributed by atoms with Crippen LogP contribution >= 0.6 is 0 Å². The number of fused-ring (bicyclic) bond motifs is 2. The summed E-state index contributed by atoms with van der Waals surface area (Å²) in [6.07, 6.45) is 6.87. The first kappa shape index (κ1) is 18.6. The third-order valence-corrected chi connectivity index (χ3v) is 4.98. The number of rotatable bonds is 5. The van der Waals surface area contributed by atoms with Crippen LogP contribution in [0.1, 0.15) is 44.9 Å². The highest BCUT2D eigenvalue weighted by atomic mass is 16.3. The van der Waals surface area contributed by atoms with Gasteiger partial charge in [0.1, 0.15) is 11.5 Å². The summed E-state index contributed by atoms with van der Waals surface area (Å²) in [5.74, 6) is 1.68. The normalized spacial score (nSPS) is 13.7.